The molecule has 2 aromatic heterocycles. The van der Waals surface area contributed by atoms with Crippen LogP contribution in [0.25, 0.3) is 5.82 Å². The smallest absolute Gasteiger partial charge is 0.292 e. The number of nitrogens with one attached hydrogen (secondary N) is 1. The Morgan fingerprint density at radius 1 is 1.32 bits per heavy atom. The number of carbonyl (C=O) groups is 1. The molecule has 1 aromatic carbocycles. The van der Waals surface area contributed by atoms with E-state index in [0.29, 0.717) is 5.69 Å². The Morgan fingerprint density at radius 3 is 2.96 bits per heavy atom. The fourth-order valence-electron chi connectivity index (χ4n) is 2.80. The van der Waals surface area contributed by atoms with Gasteiger partial charge in [0, 0.05) is 5.56 Å². The van der Waals surface area contributed by atoms with Gasteiger partial charge in [-0.2, -0.15) is 9.78 Å². The molecule has 1 aliphatic rings. The molecule has 0 atom stereocenters. The summed E-state index contributed by atoms with van der Waals surface area (Å²) in [6.07, 6.45) is 1.68. The summed E-state index contributed by atoms with van der Waals surface area (Å²) in [4.78, 5) is 12.6. The van der Waals surface area contributed by atoms with Gasteiger partial charge >= 0.3 is 0 Å². The molecule has 10 nitrogen and oxygen atoms in total. The van der Waals surface area contributed by atoms with Crippen molar-refractivity contribution in [2.75, 3.05) is 5.73 Å². The number of hydrogen-bond donors (Lipinski definition) is 2. The fourth-order valence-corrected chi connectivity index (χ4v) is 2.80. The van der Waals surface area contributed by atoms with Gasteiger partial charge in [-0.05, 0) is 35.6 Å². The molecule has 0 unspecified atom stereocenters. The molecule has 0 bridgehead atoms. The highest BCUT2D eigenvalue weighted by molar-refractivity contribution is 6.05. The lowest BCUT2D eigenvalue weighted by molar-refractivity contribution is 0.0946. The van der Waals surface area contributed by atoms with Crippen molar-refractivity contribution in [2.24, 2.45) is 5.10 Å². The minimum absolute atomic E-state index is 0.00924. The van der Waals surface area contributed by atoms with Crippen molar-refractivity contribution in [1.29, 1.82) is 0 Å². The Labute approximate surface area is 141 Å². The van der Waals surface area contributed by atoms with Gasteiger partial charge in [-0.25, -0.2) is 10.1 Å². The van der Waals surface area contributed by atoms with Gasteiger partial charge in [0.25, 0.3) is 5.91 Å². The number of benzene rings is 1. The van der Waals surface area contributed by atoms with E-state index in [4.69, 9.17) is 5.73 Å². The molecule has 3 aromatic rings. The number of rotatable bonds is 3. The van der Waals surface area contributed by atoms with Crippen LogP contribution in [0.2, 0.25) is 0 Å². The minimum atomic E-state index is -0.471. The molecular formula is C15H14N8O2. The lowest BCUT2D eigenvalue weighted by Gasteiger charge is -2.04. The van der Waals surface area contributed by atoms with E-state index >= 15 is 0 Å². The molecule has 2 heterocycles. The van der Waals surface area contributed by atoms with Crippen molar-refractivity contribution in [1.82, 2.24) is 30.7 Å². The number of nitrogens with two attached hydrogens (primary N) is 1. The van der Waals surface area contributed by atoms with E-state index in [1.165, 1.54) is 10.2 Å². The summed E-state index contributed by atoms with van der Waals surface area (Å²) in [6.45, 7) is 1.65. The molecule has 0 aliphatic heterocycles. The largest absolute Gasteiger partial charge is 0.378 e. The first kappa shape index (κ1) is 15.0. The monoisotopic (exact) mass is 338 g/mol. The van der Waals surface area contributed by atoms with Crippen molar-refractivity contribution in [3.8, 4) is 5.82 Å². The fraction of sp³-hybridized carbons (Fsp3) is 0.200. The summed E-state index contributed by atoms with van der Waals surface area (Å²) >= 11 is 0. The molecule has 1 amide bonds. The maximum atomic E-state index is 12.6. The van der Waals surface area contributed by atoms with Crippen molar-refractivity contribution in [3.05, 3.63) is 46.8 Å². The number of nitrogen functional groups attached to an aromatic ring is 1. The lowest BCUT2D eigenvalue weighted by atomic mass is 10.1. The van der Waals surface area contributed by atoms with Gasteiger partial charge in [-0.15, -0.1) is 5.10 Å². The molecule has 0 fully saturated rings. The van der Waals surface area contributed by atoms with E-state index in [1.807, 2.05) is 18.2 Å². The molecule has 3 N–H and O–H groups in total. The van der Waals surface area contributed by atoms with Crippen LogP contribution < -0.4 is 11.2 Å². The van der Waals surface area contributed by atoms with Crippen LogP contribution in [0.1, 0.15) is 33.7 Å². The van der Waals surface area contributed by atoms with Crippen LogP contribution in [-0.2, 0) is 6.42 Å². The number of carbonyl (C=O) groups excluding carboxylic acids is 1. The van der Waals surface area contributed by atoms with Crippen LogP contribution in [0, 0.1) is 6.92 Å². The minimum Gasteiger partial charge on any atom is -0.378 e. The third-order valence-corrected chi connectivity index (χ3v) is 4.00. The highest BCUT2D eigenvalue weighted by Gasteiger charge is 2.23. The number of aromatic nitrogens is 5. The molecule has 4 rings (SSSR count). The molecule has 126 valence electrons. The van der Waals surface area contributed by atoms with Gasteiger partial charge in [0.15, 0.2) is 5.69 Å². The molecule has 1 aliphatic carbocycles. The van der Waals surface area contributed by atoms with E-state index in [2.05, 4.69) is 41.8 Å². The number of aryl methyl sites for hydroxylation is 2. The zero-order valence-electron chi connectivity index (χ0n) is 13.3. The second-order valence-electron chi connectivity index (χ2n) is 5.56. The average molecular weight is 338 g/mol. The summed E-state index contributed by atoms with van der Waals surface area (Å²) in [5.41, 5.74) is 11.9. The van der Waals surface area contributed by atoms with Gasteiger partial charge in [0.05, 0.1) is 11.4 Å². The van der Waals surface area contributed by atoms with Crippen molar-refractivity contribution < 1.29 is 9.42 Å². The molecule has 10 heteroatoms. The second kappa shape index (κ2) is 5.82. The molecular weight excluding hydrogens is 324 g/mol. The number of fused-ring (bicyclic) bond motifs is 1. The quantitative estimate of drug-likeness (QED) is 0.668. The summed E-state index contributed by atoms with van der Waals surface area (Å²) in [6, 6.07) is 7.99. The predicted octanol–water partition coefficient (Wildman–Crippen LogP) is 0.621. The Morgan fingerprint density at radius 2 is 2.16 bits per heavy atom. The summed E-state index contributed by atoms with van der Waals surface area (Å²) in [5.74, 6) is -0.360. The first-order valence-electron chi connectivity index (χ1n) is 7.61. The Hall–Kier alpha value is -3.56. The van der Waals surface area contributed by atoms with Gasteiger partial charge in [-0.1, -0.05) is 29.5 Å². The first-order valence-corrected chi connectivity index (χ1v) is 7.61. The zero-order chi connectivity index (χ0) is 17.4. The van der Waals surface area contributed by atoms with Crippen LogP contribution in [0.15, 0.2) is 34.0 Å². The SMILES string of the molecule is Cc1nnn(-c2nonc2N)c1C(=O)NN=C1CCc2ccccc21. The zero-order valence-corrected chi connectivity index (χ0v) is 13.3. The van der Waals surface area contributed by atoms with E-state index in [-0.39, 0.29) is 17.3 Å². The summed E-state index contributed by atoms with van der Waals surface area (Å²) in [5, 5.41) is 19.1. The maximum Gasteiger partial charge on any atom is 0.292 e. The van der Waals surface area contributed by atoms with Crippen LogP contribution in [0.4, 0.5) is 5.82 Å². The molecule has 0 saturated carbocycles. The van der Waals surface area contributed by atoms with Crippen molar-refractivity contribution >= 4 is 17.4 Å². The van der Waals surface area contributed by atoms with Gasteiger partial charge in [0.1, 0.15) is 0 Å². The number of amides is 1. The summed E-state index contributed by atoms with van der Waals surface area (Å²) in [7, 11) is 0. The maximum absolute atomic E-state index is 12.6. The Bertz CT molecular complexity index is 987. The number of anilines is 1. The average Bonchev–Trinajstić information content (AvgIpc) is 3.31. The second-order valence-corrected chi connectivity index (χ2v) is 5.56. The lowest BCUT2D eigenvalue weighted by Crippen LogP contribution is -2.24. The van der Waals surface area contributed by atoms with E-state index < -0.39 is 5.91 Å². The van der Waals surface area contributed by atoms with Gasteiger partial charge < -0.3 is 5.73 Å². The highest BCUT2D eigenvalue weighted by Crippen LogP contribution is 2.22. The molecule has 0 saturated heterocycles. The third kappa shape index (κ3) is 2.53. The van der Waals surface area contributed by atoms with Crippen LogP contribution in [0.3, 0.4) is 0 Å². The van der Waals surface area contributed by atoms with Crippen molar-refractivity contribution in [2.45, 2.75) is 19.8 Å². The van der Waals surface area contributed by atoms with Gasteiger partial charge in [-0.3, -0.25) is 4.79 Å². The molecule has 25 heavy (non-hydrogen) atoms. The molecule has 0 radical (unpaired) electrons. The number of hydrogen-bond acceptors (Lipinski definition) is 8. The van der Waals surface area contributed by atoms with E-state index in [9.17, 15) is 4.79 Å². The van der Waals surface area contributed by atoms with Crippen LogP contribution >= 0.6 is 0 Å². The van der Waals surface area contributed by atoms with E-state index in [0.717, 1.165) is 24.1 Å². The Balaban J connectivity index is 1.62. The highest BCUT2D eigenvalue weighted by atomic mass is 16.6. The third-order valence-electron chi connectivity index (χ3n) is 4.00. The summed E-state index contributed by atoms with van der Waals surface area (Å²) < 4.78 is 5.73. The predicted molar refractivity (Wildman–Crippen MR) is 87.1 cm³/mol. The van der Waals surface area contributed by atoms with Crippen LogP contribution in [0.5, 0.6) is 0 Å². The number of nitrogens with zero attached hydrogens (tertiary/aromatic N) is 6. The standard InChI is InChI=1S/C15H14N8O2/c1-8-12(23(22-17-8)14-13(16)20-25-21-14)15(24)19-18-11-7-6-9-4-2-3-5-10(9)11/h2-5H,6-7H2,1H3,(H2,16,20)(H,19,24). The number of hydrazone groups is 1. The van der Waals surface area contributed by atoms with Crippen LogP contribution in [-0.4, -0.2) is 36.9 Å². The normalized spacial score (nSPS) is 14.7. The topological polar surface area (TPSA) is 137 Å². The Kier molecular flexibility index (Phi) is 3.49. The molecule has 0 spiro atoms. The van der Waals surface area contributed by atoms with Crippen molar-refractivity contribution in [3.63, 3.8) is 0 Å². The van der Waals surface area contributed by atoms with E-state index in [1.54, 1.807) is 6.92 Å². The first-order chi connectivity index (χ1) is 12.1. The van der Waals surface area contributed by atoms with Gasteiger partial charge in [0.2, 0.25) is 11.6 Å².